The number of aromatic amines is 1. The predicted octanol–water partition coefficient (Wildman–Crippen LogP) is 3.74. The number of rotatable bonds is 6. The molecular formula is C17H23N3O2S2. The number of fused-ring (bicyclic) bond motifs is 1. The molecule has 1 fully saturated rings. The van der Waals surface area contributed by atoms with Crippen LogP contribution in [-0.2, 0) is 11.3 Å². The van der Waals surface area contributed by atoms with Crippen molar-refractivity contribution in [2.45, 2.75) is 64.0 Å². The van der Waals surface area contributed by atoms with E-state index in [0.717, 1.165) is 31.2 Å². The van der Waals surface area contributed by atoms with Crippen LogP contribution in [0.1, 0.15) is 51.4 Å². The quantitative estimate of drug-likeness (QED) is 0.605. The Balaban J connectivity index is 1.49. The number of amides is 1. The minimum Gasteiger partial charge on any atom is -0.353 e. The Labute approximate surface area is 150 Å². The molecule has 24 heavy (non-hydrogen) atoms. The number of hydrogen-bond acceptors (Lipinski definition) is 4. The van der Waals surface area contributed by atoms with Crippen LogP contribution in [0.3, 0.4) is 0 Å². The second kappa shape index (κ2) is 8.07. The summed E-state index contributed by atoms with van der Waals surface area (Å²) >= 11 is 6.70. The van der Waals surface area contributed by atoms with Gasteiger partial charge in [0.25, 0.3) is 5.56 Å². The van der Waals surface area contributed by atoms with Crippen molar-refractivity contribution < 1.29 is 4.79 Å². The van der Waals surface area contributed by atoms with E-state index in [4.69, 9.17) is 12.2 Å². The van der Waals surface area contributed by atoms with Gasteiger partial charge in [0.15, 0.2) is 4.77 Å². The summed E-state index contributed by atoms with van der Waals surface area (Å²) in [6.07, 6.45) is 8.00. The van der Waals surface area contributed by atoms with Crippen LogP contribution in [0.2, 0.25) is 0 Å². The molecule has 0 saturated heterocycles. The summed E-state index contributed by atoms with van der Waals surface area (Å²) in [5, 5.41) is 5.01. The Kier molecular flexibility index (Phi) is 5.84. The Morgan fingerprint density at radius 1 is 1.33 bits per heavy atom. The zero-order valence-corrected chi connectivity index (χ0v) is 15.3. The number of nitrogens with zero attached hydrogens (tertiary/aromatic N) is 1. The Bertz CT molecular complexity index is 815. The maximum Gasteiger partial charge on any atom is 0.272 e. The summed E-state index contributed by atoms with van der Waals surface area (Å²) in [5.41, 5.74) is 0.772. The maximum absolute atomic E-state index is 12.4. The zero-order chi connectivity index (χ0) is 16.9. The first-order chi connectivity index (χ1) is 11.6. The van der Waals surface area contributed by atoms with E-state index in [9.17, 15) is 9.59 Å². The second-order valence-corrected chi connectivity index (χ2v) is 7.71. The molecule has 1 saturated carbocycles. The van der Waals surface area contributed by atoms with Crippen molar-refractivity contribution in [1.29, 1.82) is 0 Å². The van der Waals surface area contributed by atoms with E-state index in [2.05, 4.69) is 10.3 Å². The van der Waals surface area contributed by atoms with Crippen LogP contribution in [0.5, 0.6) is 0 Å². The fourth-order valence-corrected chi connectivity index (χ4v) is 4.36. The standard InChI is InChI=1S/C17H23N3O2S2/c21-14(18-12-6-2-1-3-7-12)8-4-5-10-20-16(22)15-13(9-11-24-15)19-17(20)23/h9,11-12H,1-8,10H2,(H,18,21)(H,19,23). The minimum atomic E-state index is -0.0320. The normalized spacial score (nSPS) is 15.7. The van der Waals surface area contributed by atoms with Crippen molar-refractivity contribution in [3.63, 3.8) is 0 Å². The monoisotopic (exact) mass is 365 g/mol. The highest BCUT2D eigenvalue weighted by Gasteiger charge is 2.15. The molecule has 2 N–H and O–H groups in total. The van der Waals surface area contributed by atoms with Crippen LogP contribution in [0.25, 0.3) is 10.2 Å². The van der Waals surface area contributed by atoms with E-state index in [0.29, 0.717) is 28.5 Å². The zero-order valence-electron chi connectivity index (χ0n) is 13.7. The van der Waals surface area contributed by atoms with Crippen LogP contribution < -0.4 is 10.9 Å². The number of unbranched alkanes of at least 4 members (excludes halogenated alkanes) is 1. The third-order valence-electron chi connectivity index (χ3n) is 4.60. The lowest BCUT2D eigenvalue weighted by Gasteiger charge is -2.22. The Morgan fingerprint density at radius 2 is 2.12 bits per heavy atom. The van der Waals surface area contributed by atoms with E-state index in [1.54, 1.807) is 4.57 Å². The molecule has 7 heteroatoms. The van der Waals surface area contributed by atoms with Crippen LogP contribution in [0, 0.1) is 4.77 Å². The Morgan fingerprint density at radius 3 is 2.92 bits per heavy atom. The number of hydrogen-bond donors (Lipinski definition) is 2. The van der Waals surface area contributed by atoms with E-state index in [1.165, 1.54) is 30.6 Å². The molecule has 2 heterocycles. The van der Waals surface area contributed by atoms with Gasteiger partial charge < -0.3 is 10.3 Å². The number of aromatic nitrogens is 2. The number of H-pyrrole nitrogens is 1. The van der Waals surface area contributed by atoms with Crippen LogP contribution in [0.15, 0.2) is 16.2 Å². The molecule has 1 aliphatic rings. The molecule has 2 aromatic heterocycles. The average molecular weight is 366 g/mol. The second-order valence-electron chi connectivity index (χ2n) is 6.41. The van der Waals surface area contributed by atoms with Crippen molar-refractivity contribution in [3.05, 3.63) is 26.6 Å². The third kappa shape index (κ3) is 4.13. The van der Waals surface area contributed by atoms with E-state index < -0.39 is 0 Å². The topological polar surface area (TPSA) is 66.9 Å². The molecule has 1 aliphatic carbocycles. The summed E-state index contributed by atoms with van der Waals surface area (Å²) in [6.45, 7) is 0.554. The molecule has 0 bridgehead atoms. The first-order valence-electron chi connectivity index (χ1n) is 8.65. The molecule has 0 spiro atoms. The molecule has 0 aliphatic heterocycles. The maximum atomic E-state index is 12.4. The van der Waals surface area contributed by atoms with Crippen molar-refractivity contribution in [2.75, 3.05) is 0 Å². The minimum absolute atomic E-state index is 0.0320. The lowest BCUT2D eigenvalue weighted by Crippen LogP contribution is -2.36. The first kappa shape index (κ1) is 17.4. The van der Waals surface area contributed by atoms with Crippen LogP contribution in [-0.4, -0.2) is 21.5 Å². The molecule has 0 unspecified atom stereocenters. The van der Waals surface area contributed by atoms with Gasteiger partial charge >= 0.3 is 0 Å². The first-order valence-corrected chi connectivity index (χ1v) is 9.93. The van der Waals surface area contributed by atoms with Gasteiger partial charge in [0, 0.05) is 19.0 Å². The largest absolute Gasteiger partial charge is 0.353 e. The molecular weight excluding hydrogens is 342 g/mol. The summed E-state index contributed by atoms with van der Waals surface area (Å²) in [5.74, 6) is 0.133. The lowest BCUT2D eigenvalue weighted by molar-refractivity contribution is -0.122. The number of thiophene rings is 1. The third-order valence-corrected chi connectivity index (χ3v) is 5.82. The van der Waals surface area contributed by atoms with Crippen LogP contribution in [0.4, 0.5) is 0 Å². The van der Waals surface area contributed by atoms with Crippen molar-refractivity contribution in [1.82, 2.24) is 14.9 Å². The summed E-state index contributed by atoms with van der Waals surface area (Å²) in [7, 11) is 0. The molecule has 5 nitrogen and oxygen atoms in total. The molecule has 0 radical (unpaired) electrons. The van der Waals surface area contributed by atoms with E-state index >= 15 is 0 Å². The van der Waals surface area contributed by atoms with Gasteiger partial charge in [0.2, 0.25) is 5.91 Å². The average Bonchev–Trinajstić information content (AvgIpc) is 3.03. The van der Waals surface area contributed by atoms with Crippen molar-refractivity contribution in [3.8, 4) is 0 Å². The highest BCUT2D eigenvalue weighted by molar-refractivity contribution is 7.71. The van der Waals surface area contributed by atoms with Gasteiger partial charge in [0.1, 0.15) is 4.70 Å². The Hall–Kier alpha value is -1.47. The highest BCUT2D eigenvalue weighted by atomic mass is 32.1. The van der Waals surface area contributed by atoms with Gasteiger partial charge in [-0.3, -0.25) is 14.2 Å². The smallest absolute Gasteiger partial charge is 0.272 e. The van der Waals surface area contributed by atoms with Gasteiger partial charge in [0.05, 0.1) is 5.52 Å². The lowest BCUT2D eigenvalue weighted by atomic mass is 9.95. The van der Waals surface area contributed by atoms with Crippen molar-refractivity contribution in [2.24, 2.45) is 0 Å². The molecule has 130 valence electrons. The summed E-state index contributed by atoms with van der Waals surface area (Å²) < 4.78 is 2.77. The van der Waals surface area contributed by atoms with E-state index in [-0.39, 0.29) is 11.5 Å². The summed E-state index contributed by atoms with van der Waals surface area (Å²) in [4.78, 5) is 27.5. The van der Waals surface area contributed by atoms with Gasteiger partial charge in [-0.2, -0.15) is 0 Å². The SMILES string of the molecule is O=C(CCCCn1c(=S)[nH]c2ccsc2c1=O)NC1CCCCC1. The fraction of sp³-hybridized carbons (Fsp3) is 0.588. The van der Waals surface area contributed by atoms with Gasteiger partial charge in [-0.25, -0.2) is 0 Å². The molecule has 2 aromatic rings. The number of carbonyl (C=O) groups is 1. The van der Waals surface area contributed by atoms with E-state index in [1.807, 2.05) is 11.4 Å². The number of nitrogens with one attached hydrogen (secondary N) is 2. The van der Waals surface area contributed by atoms with Crippen molar-refractivity contribution >= 4 is 39.7 Å². The van der Waals surface area contributed by atoms with Gasteiger partial charge in [-0.05, 0) is 49.3 Å². The molecule has 0 aromatic carbocycles. The number of carbonyl (C=O) groups excluding carboxylic acids is 1. The predicted molar refractivity (Wildman–Crippen MR) is 100 cm³/mol. The molecule has 0 atom stereocenters. The van der Waals surface area contributed by atoms with Gasteiger partial charge in [-0.1, -0.05) is 19.3 Å². The molecule has 1 amide bonds. The van der Waals surface area contributed by atoms with Gasteiger partial charge in [-0.15, -0.1) is 11.3 Å². The summed E-state index contributed by atoms with van der Waals surface area (Å²) in [6, 6.07) is 2.24. The van der Waals surface area contributed by atoms with Crippen LogP contribution >= 0.6 is 23.6 Å². The highest BCUT2D eigenvalue weighted by Crippen LogP contribution is 2.17. The molecule has 3 rings (SSSR count). The fourth-order valence-electron chi connectivity index (χ4n) is 3.28.